The van der Waals surface area contributed by atoms with Crippen molar-refractivity contribution in [1.29, 1.82) is 0 Å². The Bertz CT molecular complexity index is 885. The van der Waals surface area contributed by atoms with Crippen molar-refractivity contribution in [3.05, 3.63) is 62.8 Å². The first-order valence-corrected chi connectivity index (χ1v) is 10.0. The number of carbonyl (C=O) groups is 2. The Morgan fingerprint density at radius 1 is 1.26 bits per heavy atom. The summed E-state index contributed by atoms with van der Waals surface area (Å²) in [6, 6.07) is 9.68. The lowest BCUT2D eigenvalue weighted by atomic mass is 10.00. The molecule has 1 N–H and O–H groups in total. The second-order valence-corrected chi connectivity index (χ2v) is 8.02. The van der Waals surface area contributed by atoms with Crippen LogP contribution < -0.4 is 0 Å². The first-order valence-electron chi connectivity index (χ1n) is 8.75. The molecule has 4 rings (SSSR count). The van der Waals surface area contributed by atoms with Gasteiger partial charge in [-0.05, 0) is 48.6 Å². The summed E-state index contributed by atoms with van der Waals surface area (Å²) in [6.07, 6.45) is 1.72. The fourth-order valence-electron chi connectivity index (χ4n) is 3.58. The van der Waals surface area contributed by atoms with Crippen LogP contribution in [0.2, 0.25) is 5.02 Å². The second kappa shape index (κ2) is 7.46. The van der Waals surface area contributed by atoms with Gasteiger partial charge >= 0.3 is 0 Å². The third-order valence-electron chi connectivity index (χ3n) is 4.89. The molecule has 7 heteroatoms. The zero-order valence-electron chi connectivity index (χ0n) is 14.4. The Kier molecular flexibility index (Phi) is 5.04. The maximum Gasteiger partial charge on any atom is 0.295 e. The van der Waals surface area contributed by atoms with Crippen molar-refractivity contribution < 1.29 is 19.4 Å². The number of nitrogens with zero attached hydrogens (tertiary/aromatic N) is 1. The summed E-state index contributed by atoms with van der Waals surface area (Å²) in [5.74, 6) is -1.45. The largest absolute Gasteiger partial charge is 0.507 e. The van der Waals surface area contributed by atoms with Gasteiger partial charge in [-0.25, -0.2) is 0 Å². The third kappa shape index (κ3) is 3.40. The van der Waals surface area contributed by atoms with Gasteiger partial charge in [0.05, 0.1) is 17.7 Å². The number of aliphatic hydroxyl groups excluding tert-OH is 1. The van der Waals surface area contributed by atoms with Crippen LogP contribution in [0.3, 0.4) is 0 Å². The SMILES string of the molecule is O=C1C(=O)N(CC2CCCO2)C(c2cccs2)/C1=C(/O)c1ccc(Cl)cc1. The molecule has 1 aromatic carbocycles. The zero-order chi connectivity index (χ0) is 19.0. The van der Waals surface area contributed by atoms with E-state index in [-0.39, 0.29) is 17.4 Å². The monoisotopic (exact) mass is 403 g/mol. The Labute approximate surface area is 165 Å². The van der Waals surface area contributed by atoms with Gasteiger partial charge in [0.15, 0.2) is 0 Å². The number of halogens is 1. The number of ketones is 1. The molecule has 5 nitrogen and oxygen atoms in total. The minimum atomic E-state index is -0.668. The summed E-state index contributed by atoms with van der Waals surface area (Å²) in [5.41, 5.74) is 0.568. The molecule has 2 atom stereocenters. The Morgan fingerprint density at radius 2 is 2.04 bits per heavy atom. The molecular weight excluding hydrogens is 386 g/mol. The van der Waals surface area contributed by atoms with Crippen molar-refractivity contribution >= 4 is 40.4 Å². The van der Waals surface area contributed by atoms with Crippen molar-refractivity contribution in [3.63, 3.8) is 0 Å². The van der Waals surface area contributed by atoms with Gasteiger partial charge in [0.25, 0.3) is 11.7 Å². The van der Waals surface area contributed by atoms with Gasteiger partial charge in [-0.15, -0.1) is 11.3 Å². The average molecular weight is 404 g/mol. The molecule has 0 bridgehead atoms. The number of benzene rings is 1. The van der Waals surface area contributed by atoms with E-state index in [2.05, 4.69) is 0 Å². The fourth-order valence-corrected chi connectivity index (χ4v) is 4.55. The Morgan fingerprint density at radius 3 is 2.67 bits per heavy atom. The molecule has 2 saturated heterocycles. The van der Waals surface area contributed by atoms with Crippen LogP contribution in [0.1, 0.15) is 29.3 Å². The number of Topliss-reactive ketones (excluding diaryl/α,β-unsaturated/α-hetero) is 1. The van der Waals surface area contributed by atoms with Gasteiger partial charge in [-0.2, -0.15) is 0 Å². The molecule has 2 aliphatic heterocycles. The van der Waals surface area contributed by atoms with E-state index in [4.69, 9.17) is 16.3 Å². The van der Waals surface area contributed by atoms with Crippen molar-refractivity contribution in [1.82, 2.24) is 4.90 Å². The lowest BCUT2D eigenvalue weighted by molar-refractivity contribution is -0.140. The highest BCUT2D eigenvalue weighted by molar-refractivity contribution is 7.10. The van der Waals surface area contributed by atoms with Crippen LogP contribution in [0.15, 0.2) is 47.4 Å². The molecule has 0 spiro atoms. The molecule has 2 aliphatic rings. The van der Waals surface area contributed by atoms with Crippen LogP contribution in [0.25, 0.3) is 5.76 Å². The minimum absolute atomic E-state index is 0.0822. The number of hydrogen-bond acceptors (Lipinski definition) is 5. The van der Waals surface area contributed by atoms with Gasteiger partial charge in [-0.3, -0.25) is 9.59 Å². The third-order valence-corrected chi connectivity index (χ3v) is 6.07. The molecule has 1 aromatic heterocycles. The molecule has 2 unspecified atom stereocenters. The number of ether oxygens (including phenoxy) is 1. The summed E-state index contributed by atoms with van der Waals surface area (Å²) in [4.78, 5) is 27.9. The zero-order valence-corrected chi connectivity index (χ0v) is 16.0. The number of carbonyl (C=O) groups excluding carboxylic acids is 2. The van der Waals surface area contributed by atoms with Crippen molar-refractivity contribution in [3.8, 4) is 0 Å². The average Bonchev–Trinajstić information content (AvgIpc) is 3.40. The standard InChI is InChI=1S/C20H18ClNO4S/c21-13-7-5-12(6-8-13)18(23)16-17(15-4-2-10-27-15)22(20(25)19(16)24)11-14-3-1-9-26-14/h2,4-8,10,14,17,23H,1,3,9,11H2/b18-16-. The van der Waals surface area contributed by atoms with Crippen LogP contribution in [-0.2, 0) is 14.3 Å². The highest BCUT2D eigenvalue weighted by atomic mass is 35.5. The molecule has 0 radical (unpaired) electrons. The molecule has 27 heavy (non-hydrogen) atoms. The van der Waals surface area contributed by atoms with Gasteiger partial charge < -0.3 is 14.7 Å². The fraction of sp³-hybridized carbons (Fsp3) is 0.300. The van der Waals surface area contributed by atoms with Crippen molar-refractivity contribution in [2.45, 2.75) is 25.0 Å². The molecule has 2 aromatic rings. The molecule has 3 heterocycles. The van der Waals surface area contributed by atoms with Crippen LogP contribution in [0, 0.1) is 0 Å². The molecule has 1 amide bonds. The second-order valence-electron chi connectivity index (χ2n) is 6.61. The van der Waals surface area contributed by atoms with Gasteiger partial charge in [-0.1, -0.05) is 17.7 Å². The van der Waals surface area contributed by atoms with Crippen molar-refractivity contribution in [2.24, 2.45) is 0 Å². The number of aliphatic hydroxyl groups is 1. The summed E-state index contributed by atoms with van der Waals surface area (Å²) >= 11 is 7.37. The molecular formula is C20H18ClNO4S. The van der Waals surface area contributed by atoms with Crippen LogP contribution in [0.4, 0.5) is 0 Å². The number of likely N-dealkylation sites (tertiary alicyclic amines) is 1. The summed E-state index contributed by atoms with van der Waals surface area (Å²) in [6.45, 7) is 1.01. The van der Waals surface area contributed by atoms with Crippen LogP contribution in [-0.4, -0.2) is 41.0 Å². The summed E-state index contributed by atoms with van der Waals surface area (Å²) in [5, 5.41) is 13.3. The summed E-state index contributed by atoms with van der Waals surface area (Å²) < 4.78 is 5.66. The van der Waals surface area contributed by atoms with Gasteiger partial charge in [0, 0.05) is 28.6 Å². The predicted molar refractivity (Wildman–Crippen MR) is 104 cm³/mol. The normalized spacial score (nSPS) is 24.7. The lowest BCUT2D eigenvalue weighted by Gasteiger charge is -2.26. The molecule has 0 saturated carbocycles. The number of rotatable bonds is 4. The predicted octanol–water partition coefficient (Wildman–Crippen LogP) is 4.00. The molecule has 0 aliphatic carbocycles. The van der Waals surface area contributed by atoms with Crippen LogP contribution >= 0.6 is 22.9 Å². The van der Waals surface area contributed by atoms with Gasteiger partial charge in [0.1, 0.15) is 5.76 Å². The molecule has 2 fully saturated rings. The topological polar surface area (TPSA) is 66.8 Å². The van der Waals surface area contributed by atoms with Gasteiger partial charge in [0.2, 0.25) is 0 Å². The highest BCUT2D eigenvalue weighted by Crippen LogP contribution is 2.41. The Hall–Kier alpha value is -2.15. The van der Waals surface area contributed by atoms with E-state index >= 15 is 0 Å². The van der Waals surface area contributed by atoms with E-state index in [9.17, 15) is 14.7 Å². The van der Waals surface area contributed by atoms with E-state index < -0.39 is 17.7 Å². The highest BCUT2D eigenvalue weighted by Gasteiger charge is 2.47. The van der Waals surface area contributed by atoms with E-state index in [0.29, 0.717) is 23.7 Å². The number of thiophene rings is 1. The van der Waals surface area contributed by atoms with E-state index in [1.54, 1.807) is 24.3 Å². The lowest BCUT2D eigenvalue weighted by Crippen LogP contribution is -2.36. The minimum Gasteiger partial charge on any atom is -0.507 e. The number of amides is 1. The Balaban J connectivity index is 1.78. The van der Waals surface area contributed by atoms with E-state index in [1.165, 1.54) is 16.2 Å². The first kappa shape index (κ1) is 18.2. The number of hydrogen-bond donors (Lipinski definition) is 1. The maximum absolute atomic E-state index is 12.8. The van der Waals surface area contributed by atoms with Crippen LogP contribution in [0.5, 0.6) is 0 Å². The van der Waals surface area contributed by atoms with E-state index in [0.717, 1.165) is 17.7 Å². The summed E-state index contributed by atoms with van der Waals surface area (Å²) in [7, 11) is 0. The molecule has 140 valence electrons. The van der Waals surface area contributed by atoms with E-state index in [1.807, 2.05) is 17.5 Å². The maximum atomic E-state index is 12.8. The first-order chi connectivity index (χ1) is 13.1. The van der Waals surface area contributed by atoms with Crippen molar-refractivity contribution in [2.75, 3.05) is 13.2 Å². The smallest absolute Gasteiger partial charge is 0.295 e. The quantitative estimate of drug-likeness (QED) is 0.476.